The van der Waals surface area contributed by atoms with E-state index in [9.17, 15) is 4.79 Å². The van der Waals surface area contributed by atoms with Gasteiger partial charge in [0.05, 0.1) is 37.7 Å². The molecule has 0 fully saturated rings. The molecule has 0 radical (unpaired) electrons. The van der Waals surface area contributed by atoms with Gasteiger partial charge in [0.2, 0.25) is 0 Å². The molecule has 3 rings (SSSR count). The molecule has 0 aliphatic heterocycles. The molecular formula is C20H20ClN3O3. The van der Waals surface area contributed by atoms with Gasteiger partial charge < -0.3 is 14.8 Å². The van der Waals surface area contributed by atoms with Crippen LogP contribution in [0.3, 0.4) is 0 Å². The minimum Gasteiger partial charge on any atom is -0.493 e. The molecule has 0 aliphatic rings. The molecule has 0 bridgehead atoms. The van der Waals surface area contributed by atoms with Gasteiger partial charge >= 0.3 is 0 Å². The molecule has 0 saturated heterocycles. The van der Waals surface area contributed by atoms with Crippen molar-refractivity contribution >= 4 is 17.5 Å². The molecule has 1 amide bonds. The molecule has 3 aromatic rings. The average Bonchev–Trinajstić information content (AvgIpc) is 3.17. The number of aromatic nitrogens is 2. The van der Waals surface area contributed by atoms with Crippen molar-refractivity contribution < 1.29 is 14.3 Å². The molecule has 0 spiro atoms. The Morgan fingerprint density at radius 2 is 1.93 bits per heavy atom. The van der Waals surface area contributed by atoms with E-state index in [0.717, 1.165) is 11.3 Å². The average molecular weight is 386 g/mol. The van der Waals surface area contributed by atoms with Crippen LogP contribution >= 0.6 is 11.6 Å². The lowest BCUT2D eigenvalue weighted by molar-refractivity contribution is 0.0940. The van der Waals surface area contributed by atoms with Crippen molar-refractivity contribution in [3.8, 4) is 17.2 Å². The Kier molecular flexibility index (Phi) is 5.66. The third-order valence-corrected chi connectivity index (χ3v) is 4.41. The predicted octanol–water partition coefficient (Wildman–Crippen LogP) is 4.03. The van der Waals surface area contributed by atoms with Gasteiger partial charge in [-0.25, -0.2) is 4.68 Å². The van der Waals surface area contributed by atoms with Crippen molar-refractivity contribution in [1.29, 1.82) is 0 Å². The van der Waals surface area contributed by atoms with E-state index in [1.165, 1.54) is 6.20 Å². The second-order valence-corrected chi connectivity index (χ2v) is 6.40. The predicted molar refractivity (Wildman–Crippen MR) is 104 cm³/mol. The summed E-state index contributed by atoms with van der Waals surface area (Å²) < 4.78 is 12.2. The Hall–Kier alpha value is -2.99. The molecule has 6 nitrogen and oxygen atoms in total. The second-order valence-electron chi connectivity index (χ2n) is 5.96. The number of hydrogen-bond donors (Lipinski definition) is 1. The Bertz CT molecular complexity index is 955. The molecular weight excluding hydrogens is 366 g/mol. The lowest BCUT2D eigenvalue weighted by Crippen LogP contribution is -2.26. The quantitative estimate of drug-likeness (QED) is 0.695. The van der Waals surface area contributed by atoms with Crippen molar-refractivity contribution in [3.05, 3.63) is 71.0 Å². The minimum atomic E-state index is -0.217. The number of hydrogen-bond acceptors (Lipinski definition) is 4. The molecule has 1 atom stereocenters. The number of rotatable bonds is 6. The number of halogens is 1. The fraction of sp³-hybridized carbons (Fsp3) is 0.200. The van der Waals surface area contributed by atoms with Crippen molar-refractivity contribution in [2.45, 2.75) is 13.0 Å². The SMILES string of the molecule is COc1ccc(C(C)NC(=O)c2cnn(-c3cccc(Cl)c3)c2)cc1OC. The summed E-state index contributed by atoms with van der Waals surface area (Å²) in [6.45, 7) is 1.90. The van der Waals surface area contributed by atoms with Crippen LogP contribution in [-0.4, -0.2) is 29.9 Å². The Morgan fingerprint density at radius 1 is 1.15 bits per heavy atom. The molecule has 1 aromatic heterocycles. The lowest BCUT2D eigenvalue weighted by Gasteiger charge is -2.16. The van der Waals surface area contributed by atoms with Crippen LogP contribution < -0.4 is 14.8 Å². The third kappa shape index (κ3) is 4.23. The maximum atomic E-state index is 12.6. The Balaban J connectivity index is 1.74. The number of benzene rings is 2. The smallest absolute Gasteiger partial charge is 0.254 e. The summed E-state index contributed by atoms with van der Waals surface area (Å²) in [6, 6.07) is 12.6. The molecule has 0 saturated carbocycles. The topological polar surface area (TPSA) is 65.4 Å². The first-order chi connectivity index (χ1) is 13.0. The van der Waals surface area contributed by atoms with Crippen LogP contribution in [0, 0.1) is 0 Å². The van der Waals surface area contributed by atoms with Gasteiger partial charge in [0, 0.05) is 11.2 Å². The number of carbonyl (C=O) groups excluding carboxylic acids is 1. The molecule has 1 heterocycles. The van der Waals surface area contributed by atoms with E-state index >= 15 is 0 Å². The third-order valence-electron chi connectivity index (χ3n) is 4.17. The van der Waals surface area contributed by atoms with E-state index in [0.29, 0.717) is 22.1 Å². The zero-order valence-corrected chi connectivity index (χ0v) is 16.0. The van der Waals surface area contributed by atoms with Crippen LogP contribution in [0.5, 0.6) is 11.5 Å². The fourth-order valence-electron chi connectivity index (χ4n) is 2.69. The van der Waals surface area contributed by atoms with E-state index in [2.05, 4.69) is 10.4 Å². The second kappa shape index (κ2) is 8.14. The van der Waals surface area contributed by atoms with Gasteiger partial charge in [-0.1, -0.05) is 23.7 Å². The summed E-state index contributed by atoms with van der Waals surface area (Å²) in [4.78, 5) is 12.6. The highest BCUT2D eigenvalue weighted by molar-refractivity contribution is 6.30. The van der Waals surface area contributed by atoms with E-state index < -0.39 is 0 Å². The molecule has 1 unspecified atom stereocenters. The number of methoxy groups -OCH3 is 2. The van der Waals surface area contributed by atoms with Gasteiger partial charge in [-0.15, -0.1) is 0 Å². The number of carbonyl (C=O) groups is 1. The van der Waals surface area contributed by atoms with Crippen LogP contribution in [-0.2, 0) is 0 Å². The maximum absolute atomic E-state index is 12.6. The molecule has 7 heteroatoms. The number of ether oxygens (including phenoxy) is 2. The Labute approximate surface area is 162 Å². The van der Waals surface area contributed by atoms with Crippen molar-refractivity contribution in [2.24, 2.45) is 0 Å². The Morgan fingerprint density at radius 3 is 2.63 bits per heavy atom. The summed E-state index contributed by atoms with van der Waals surface area (Å²) in [5.74, 6) is 1.04. The highest BCUT2D eigenvalue weighted by atomic mass is 35.5. The van der Waals surface area contributed by atoms with Gasteiger partial charge in [-0.05, 0) is 42.8 Å². The van der Waals surface area contributed by atoms with E-state index in [4.69, 9.17) is 21.1 Å². The van der Waals surface area contributed by atoms with Crippen molar-refractivity contribution in [2.75, 3.05) is 14.2 Å². The summed E-state index contributed by atoms with van der Waals surface area (Å²) in [5.41, 5.74) is 2.15. The van der Waals surface area contributed by atoms with Crippen LogP contribution in [0.1, 0.15) is 28.9 Å². The van der Waals surface area contributed by atoms with Crippen LogP contribution in [0.4, 0.5) is 0 Å². The molecule has 0 aliphatic carbocycles. The van der Waals surface area contributed by atoms with E-state index in [1.54, 1.807) is 37.2 Å². The van der Waals surface area contributed by atoms with Gasteiger partial charge in [0.25, 0.3) is 5.91 Å². The zero-order valence-electron chi connectivity index (χ0n) is 15.3. The monoisotopic (exact) mass is 385 g/mol. The summed E-state index contributed by atoms with van der Waals surface area (Å²) in [5, 5.41) is 7.81. The first-order valence-corrected chi connectivity index (χ1v) is 8.73. The molecule has 2 aromatic carbocycles. The van der Waals surface area contributed by atoms with Gasteiger partial charge in [-0.3, -0.25) is 4.79 Å². The van der Waals surface area contributed by atoms with Crippen LogP contribution in [0.2, 0.25) is 5.02 Å². The van der Waals surface area contributed by atoms with Gasteiger partial charge in [0.15, 0.2) is 11.5 Å². The zero-order chi connectivity index (χ0) is 19.4. The fourth-order valence-corrected chi connectivity index (χ4v) is 2.87. The van der Waals surface area contributed by atoms with Gasteiger partial charge in [0.1, 0.15) is 0 Å². The highest BCUT2D eigenvalue weighted by Gasteiger charge is 2.15. The van der Waals surface area contributed by atoms with Crippen LogP contribution in [0.25, 0.3) is 5.69 Å². The van der Waals surface area contributed by atoms with Crippen molar-refractivity contribution in [1.82, 2.24) is 15.1 Å². The maximum Gasteiger partial charge on any atom is 0.254 e. The van der Waals surface area contributed by atoms with E-state index in [1.807, 2.05) is 37.3 Å². The van der Waals surface area contributed by atoms with Gasteiger partial charge in [-0.2, -0.15) is 5.10 Å². The van der Waals surface area contributed by atoms with Crippen molar-refractivity contribution in [3.63, 3.8) is 0 Å². The number of nitrogens with zero attached hydrogens (tertiary/aromatic N) is 2. The standard InChI is InChI=1S/C20H20ClN3O3/c1-13(14-7-8-18(26-2)19(9-14)27-3)23-20(25)15-11-22-24(12-15)17-6-4-5-16(21)10-17/h4-13H,1-3H3,(H,23,25). The lowest BCUT2D eigenvalue weighted by atomic mass is 10.1. The molecule has 140 valence electrons. The summed E-state index contributed by atoms with van der Waals surface area (Å²) in [6.07, 6.45) is 3.19. The largest absolute Gasteiger partial charge is 0.493 e. The number of nitrogens with one attached hydrogen (secondary N) is 1. The molecule has 27 heavy (non-hydrogen) atoms. The highest BCUT2D eigenvalue weighted by Crippen LogP contribution is 2.30. The first-order valence-electron chi connectivity index (χ1n) is 8.35. The van der Waals surface area contributed by atoms with E-state index in [-0.39, 0.29) is 11.9 Å². The van der Waals surface area contributed by atoms with Crippen LogP contribution in [0.15, 0.2) is 54.9 Å². The number of amides is 1. The summed E-state index contributed by atoms with van der Waals surface area (Å²) in [7, 11) is 3.16. The first kappa shape index (κ1) is 18.8. The minimum absolute atomic E-state index is 0.216. The molecule has 1 N–H and O–H groups in total. The normalized spacial score (nSPS) is 11.7. The summed E-state index contributed by atoms with van der Waals surface area (Å²) >= 11 is 6.01.